The van der Waals surface area contributed by atoms with Crippen molar-refractivity contribution in [3.05, 3.63) is 24.0 Å². The van der Waals surface area contributed by atoms with E-state index in [-0.39, 0.29) is 0 Å². The molecule has 1 aromatic rings. The topological polar surface area (TPSA) is 54.2 Å². The first-order valence-corrected chi connectivity index (χ1v) is 6.87. The minimum atomic E-state index is 0.432. The Morgan fingerprint density at radius 2 is 2.22 bits per heavy atom. The lowest BCUT2D eigenvalue weighted by molar-refractivity contribution is 0.0975. The van der Waals surface area contributed by atoms with Gasteiger partial charge in [-0.05, 0) is 37.9 Å². The molecule has 0 saturated carbocycles. The van der Waals surface area contributed by atoms with E-state index in [2.05, 4.69) is 15.2 Å². The number of aromatic nitrogens is 1. The highest BCUT2D eigenvalue weighted by atomic mass is 32.1. The van der Waals surface area contributed by atoms with E-state index in [1.807, 2.05) is 12.3 Å². The molecule has 18 heavy (non-hydrogen) atoms. The smallest absolute Gasteiger partial charge is 0.106 e. The van der Waals surface area contributed by atoms with Crippen molar-refractivity contribution in [3.63, 3.8) is 0 Å². The third-order valence-electron chi connectivity index (χ3n) is 4.08. The highest BCUT2D eigenvalue weighted by Gasteiger charge is 2.34. The van der Waals surface area contributed by atoms with E-state index in [0.29, 0.717) is 11.0 Å². The Bertz CT molecular complexity index is 454. The van der Waals surface area contributed by atoms with E-state index in [1.165, 1.54) is 25.9 Å². The van der Waals surface area contributed by atoms with Gasteiger partial charge in [0, 0.05) is 24.3 Å². The van der Waals surface area contributed by atoms with Crippen LogP contribution < -0.4 is 11.1 Å². The molecule has 1 aromatic heterocycles. The van der Waals surface area contributed by atoms with Gasteiger partial charge in [0.15, 0.2) is 0 Å². The van der Waals surface area contributed by atoms with Gasteiger partial charge in [-0.25, -0.2) is 0 Å². The Balaban J connectivity index is 1.78. The molecule has 2 bridgehead atoms. The van der Waals surface area contributed by atoms with Gasteiger partial charge in [-0.1, -0.05) is 12.2 Å². The lowest BCUT2D eigenvalue weighted by Crippen LogP contribution is -2.53. The average Bonchev–Trinajstić information content (AvgIpc) is 2.40. The quantitative estimate of drug-likeness (QED) is 0.802. The molecule has 3 N–H and O–H groups in total. The van der Waals surface area contributed by atoms with Gasteiger partial charge in [0.1, 0.15) is 4.99 Å². The zero-order valence-electron chi connectivity index (χ0n) is 10.3. The molecule has 3 fully saturated rings. The highest BCUT2D eigenvalue weighted by Crippen LogP contribution is 2.30. The number of anilines is 1. The summed E-state index contributed by atoms with van der Waals surface area (Å²) in [6.45, 7) is 3.62. The highest BCUT2D eigenvalue weighted by molar-refractivity contribution is 7.80. The van der Waals surface area contributed by atoms with Crippen molar-refractivity contribution in [2.75, 3.05) is 25.0 Å². The molecule has 0 amide bonds. The molecule has 96 valence electrons. The predicted octanol–water partition coefficient (Wildman–Crippen LogP) is 1.22. The minimum Gasteiger partial charge on any atom is -0.389 e. The first-order valence-electron chi connectivity index (χ1n) is 6.47. The van der Waals surface area contributed by atoms with Crippen LogP contribution in [-0.4, -0.2) is 40.5 Å². The Morgan fingerprint density at radius 3 is 2.83 bits per heavy atom. The molecule has 0 aliphatic carbocycles. The maximum Gasteiger partial charge on any atom is 0.106 e. The van der Waals surface area contributed by atoms with Gasteiger partial charge in [0.25, 0.3) is 0 Å². The van der Waals surface area contributed by atoms with E-state index >= 15 is 0 Å². The van der Waals surface area contributed by atoms with Crippen LogP contribution in [0.3, 0.4) is 0 Å². The summed E-state index contributed by atoms with van der Waals surface area (Å²) >= 11 is 5.08. The van der Waals surface area contributed by atoms with Gasteiger partial charge in [-0.3, -0.25) is 4.98 Å². The lowest BCUT2D eigenvalue weighted by Gasteiger charge is -2.45. The molecule has 3 aliphatic heterocycles. The number of rotatable bonds is 3. The Morgan fingerprint density at radius 1 is 1.44 bits per heavy atom. The fourth-order valence-electron chi connectivity index (χ4n) is 3.05. The predicted molar refractivity (Wildman–Crippen MR) is 76.7 cm³/mol. The molecule has 1 unspecified atom stereocenters. The van der Waals surface area contributed by atoms with Crippen molar-refractivity contribution in [1.82, 2.24) is 9.88 Å². The maximum absolute atomic E-state index is 5.75. The van der Waals surface area contributed by atoms with E-state index < -0.39 is 0 Å². The van der Waals surface area contributed by atoms with Gasteiger partial charge in [0.05, 0.1) is 11.9 Å². The number of nitrogens with one attached hydrogen (secondary N) is 1. The van der Waals surface area contributed by atoms with Crippen molar-refractivity contribution >= 4 is 22.9 Å². The van der Waals surface area contributed by atoms with Crippen LogP contribution in [0.15, 0.2) is 18.5 Å². The van der Waals surface area contributed by atoms with E-state index in [9.17, 15) is 0 Å². The second-order valence-corrected chi connectivity index (χ2v) is 5.61. The van der Waals surface area contributed by atoms with Crippen molar-refractivity contribution in [3.8, 4) is 0 Å². The summed E-state index contributed by atoms with van der Waals surface area (Å²) in [6.07, 6.45) is 6.14. The van der Waals surface area contributed by atoms with Crippen LogP contribution in [-0.2, 0) is 0 Å². The summed E-state index contributed by atoms with van der Waals surface area (Å²) in [6, 6.07) is 2.39. The number of thiocarbonyl (C=S) groups is 1. The van der Waals surface area contributed by atoms with Crippen molar-refractivity contribution in [2.24, 2.45) is 11.7 Å². The Labute approximate surface area is 113 Å². The van der Waals surface area contributed by atoms with Crippen LogP contribution in [0.25, 0.3) is 0 Å². The molecule has 4 rings (SSSR count). The summed E-state index contributed by atoms with van der Waals surface area (Å²) < 4.78 is 0. The third-order valence-corrected chi connectivity index (χ3v) is 4.30. The first-order chi connectivity index (χ1) is 8.74. The molecule has 4 heterocycles. The number of hydrogen-bond donors (Lipinski definition) is 2. The van der Waals surface area contributed by atoms with Gasteiger partial charge >= 0.3 is 0 Å². The summed E-state index contributed by atoms with van der Waals surface area (Å²) in [5, 5.41) is 3.59. The molecule has 1 atom stereocenters. The monoisotopic (exact) mass is 262 g/mol. The van der Waals surface area contributed by atoms with Crippen molar-refractivity contribution in [2.45, 2.75) is 18.9 Å². The van der Waals surface area contributed by atoms with Crippen molar-refractivity contribution < 1.29 is 0 Å². The molecular formula is C13H18N4S. The van der Waals surface area contributed by atoms with Crippen LogP contribution in [0.1, 0.15) is 18.4 Å². The molecule has 5 heteroatoms. The molecule has 3 aliphatic rings. The van der Waals surface area contributed by atoms with Gasteiger partial charge < -0.3 is 16.0 Å². The summed E-state index contributed by atoms with van der Waals surface area (Å²) in [5.41, 5.74) is 7.62. The van der Waals surface area contributed by atoms with Crippen molar-refractivity contribution in [1.29, 1.82) is 0 Å². The first kappa shape index (κ1) is 11.9. The van der Waals surface area contributed by atoms with Crippen LogP contribution in [0.5, 0.6) is 0 Å². The van der Waals surface area contributed by atoms with Gasteiger partial charge in [-0.15, -0.1) is 0 Å². The fourth-order valence-corrected chi connectivity index (χ4v) is 3.23. The van der Waals surface area contributed by atoms with Crippen LogP contribution >= 0.6 is 12.2 Å². The van der Waals surface area contributed by atoms with E-state index in [4.69, 9.17) is 18.0 Å². The fraction of sp³-hybridized carbons (Fsp3) is 0.538. The molecule has 0 radical (unpaired) electrons. The largest absolute Gasteiger partial charge is 0.389 e. The van der Waals surface area contributed by atoms with E-state index in [0.717, 1.165) is 23.7 Å². The summed E-state index contributed by atoms with van der Waals surface area (Å²) in [7, 11) is 0. The normalized spacial score (nSPS) is 30.1. The number of hydrogen-bond acceptors (Lipinski definition) is 4. The van der Waals surface area contributed by atoms with E-state index in [1.54, 1.807) is 6.20 Å². The SMILES string of the molecule is NC(=S)c1ccncc1NC1CN2CCC1CC2. The maximum atomic E-state index is 5.75. The summed E-state index contributed by atoms with van der Waals surface area (Å²) in [4.78, 5) is 7.12. The Hall–Kier alpha value is -1.20. The molecule has 0 spiro atoms. The summed E-state index contributed by atoms with van der Waals surface area (Å²) in [5.74, 6) is 0.773. The minimum absolute atomic E-state index is 0.432. The van der Waals surface area contributed by atoms with Gasteiger partial charge in [0.2, 0.25) is 0 Å². The molecular weight excluding hydrogens is 244 g/mol. The molecule has 0 aromatic carbocycles. The van der Waals surface area contributed by atoms with Crippen LogP contribution in [0.4, 0.5) is 5.69 Å². The Kier molecular flexibility index (Phi) is 3.18. The third kappa shape index (κ3) is 2.20. The average molecular weight is 262 g/mol. The number of fused-ring (bicyclic) bond motifs is 3. The number of nitrogens with two attached hydrogens (primary N) is 1. The number of pyridine rings is 1. The standard InChI is InChI=1S/C13H18N4S/c14-13(18)10-1-4-15-7-11(10)16-12-8-17-5-2-9(12)3-6-17/h1,4,7,9,12,16H,2-3,5-6,8H2,(H2,14,18). The second kappa shape index (κ2) is 4.82. The molecule has 4 nitrogen and oxygen atoms in total. The number of nitrogens with zero attached hydrogens (tertiary/aromatic N) is 2. The zero-order chi connectivity index (χ0) is 12.5. The van der Waals surface area contributed by atoms with Gasteiger partial charge in [-0.2, -0.15) is 0 Å². The lowest BCUT2D eigenvalue weighted by atomic mass is 9.84. The second-order valence-electron chi connectivity index (χ2n) is 5.17. The number of piperidine rings is 3. The zero-order valence-corrected chi connectivity index (χ0v) is 11.1. The molecule has 3 saturated heterocycles. The van der Waals surface area contributed by atoms with Crippen LogP contribution in [0, 0.1) is 5.92 Å². The van der Waals surface area contributed by atoms with Crippen LogP contribution in [0.2, 0.25) is 0 Å².